The molecule has 22 heavy (non-hydrogen) atoms. The summed E-state index contributed by atoms with van der Waals surface area (Å²) in [5.74, 6) is -0.467. The zero-order valence-corrected chi connectivity index (χ0v) is 12.5. The molecule has 1 amide bonds. The molecule has 2 aromatic rings. The molecular formula is C17H14ClN3O. The van der Waals surface area contributed by atoms with E-state index in [0.29, 0.717) is 17.3 Å². The fraction of sp³-hybridized carbons (Fsp3) is 0.0588. The Morgan fingerprint density at radius 1 is 1.14 bits per heavy atom. The summed E-state index contributed by atoms with van der Waals surface area (Å²) >= 11 is 5.78. The molecule has 110 valence electrons. The van der Waals surface area contributed by atoms with E-state index in [1.807, 2.05) is 36.4 Å². The minimum absolute atomic E-state index is 0.00545. The molecule has 0 fully saturated rings. The Kier molecular flexibility index (Phi) is 5.58. The van der Waals surface area contributed by atoms with Crippen molar-refractivity contribution < 1.29 is 4.79 Å². The molecule has 0 aliphatic heterocycles. The van der Waals surface area contributed by atoms with Gasteiger partial charge in [-0.1, -0.05) is 41.9 Å². The molecule has 0 aliphatic rings. The van der Waals surface area contributed by atoms with E-state index in [1.54, 1.807) is 24.3 Å². The van der Waals surface area contributed by atoms with Gasteiger partial charge in [0.25, 0.3) is 5.91 Å². The van der Waals surface area contributed by atoms with Gasteiger partial charge >= 0.3 is 0 Å². The van der Waals surface area contributed by atoms with Crippen LogP contribution in [0.25, 0.3) is 0 Å². The Morgan fingerprint density at radius 3 is 2.45 bits per heavy atom. The lowest BCUT2D eigenvalue weighted by atomic mass is 10.2. The van der Waals surface area contributed by atoms with Crippen molar-refractivity contribution in [1.82, 2.24) is 5.32 Å². The predicted molar refractivity (Wildman–Crippen MR) is 87.1 cm³/mol. The number of halogens is 1. The van der Waals surface area contributed by atoms with Gasteiger partial charge in [-0.05, 0) is 29.8 Å². The van der Waals surface area contributed by atoms with Crippen molar-refractivity contribution >= 4 is 23.2 Å². The molecule has 0 atom stereocenters. The van der Waals surface area contributed by atoms with E-state index in [9.17, 15) is 4.79 Å². The lowest BCUT2D eigenvalue weighted by molar-refractivity contribution is -0.112. The van der Waals surface area contributed by atoms with Crippen LogP contribution >= 0.6 is 11.6 Å². The zero-order chi connectivity index (χ0) is 15.8. The number of nitrogens with one attached hydrogen (secondary N) is 2. The first kappa shape index (κ1) is 15.6. The first-order valence-corrected chi connectivity index (χ1v) is 7.01. The number of carbonyl (C=O) groups is 1. The van der Waals surface area contributed by atoms with Gasteiger partial charge in [0.1, 0.15) is 11.6 Å². The number of carbonyl (C=O) groups excluding carboxylic acids is 1. The Bertz CT molecular complexity index is 703. The van der Waals surface area contributed by atoms with Gasteiger partial charge in [-0.3, -0.25) is 4.79 Å². The average Bonchev–Trinajstić information content (AvgIpc) is 2.54. The number of rotatable bonds is 5. The van der Waals surface area contributed by atoms with Crippen LogP contribution in [0.1, 0.15) is 5.56 Å². The standard InChI is InChI=1S/C17H14ClN3O/c18-15-6-8-16(9-7-15)21-17(22)14(10-19)12-20-11-13-4-2-1-3-5-13/h1-9,12,20H,11H2,(H,21,22)/b14-12-. The molecule has 4 nitrogen and oxygen atoms in total. The lowest BCUT2D eigenvalue weighted by Crippen LogP contribution is -2.16. The molecule has 0 unspecified atom stereocenters. The van der Waals surface area contributed by atoms with Crippen LogP contribution in [0.2, 0.25) is 5.02 Å². The van der Waals surface area contributed by atoms with Gasteiger partial charge in [0, 0.05) is 23.5 Å². The van der Waals surface area contributed by atoms with Gasteiger partial charge in [-0.25, -0.2) is 0 Å². The van der Waals surface area contributed by atoms with E-state index in [1.165, 1.54) is 6.20 Å². The summed E-state index contributed by atoms with van der Waals surface area (Å²) < 4.78 is 0. The highest BCUT2D eigenvalue weighted by Gasteiger charge is 2.08. The predicted octanol–water partition coefficient (Wildman–Crippen LogP) is 3.48. The largest absolute Gasteiger partial charge is 0.386 e. The van der Waals surface area contributed by atoms with E-state index in [2.05, 4.69) is 10.6 Å². The average molecular weight is 312 g/mol. The number of amides is 1. The Balaban J connectivity index is 1.95. The van der Waals surface area contributed by atoms with Gasteiger partial charge in [0.2, 0.25) is 0 Å². The quantitative estimate of drug-likeness (QED) is 0.656. The van der Waals surface area contributed by atoms with Crippen molar-refractivity contribution in [2.24, 2.45) is 0 Å². The van der Waals surface area contributed by atoms with Crippen molar-refractivity contribution in [3.63, 3.8) is 0 Å². The Morgan fingerprint density at radius 2 is 1.82 bits per heavy atom. The van der Waals surface area contributed by atoms with Crippen LogP contribution < -0.4 is 10.6 Å². The van der Waals surface area contributed by atoms with E-state index in [4.69, 9.17) is 16.9 Å². The zero-order valence-electron chi connectivity index (χ0n) is 11.7. The first-order chi connectivity index (χ1) is 10.7. The van der Waals surface area contributed by atoms with Crippen molar-refractivity contribution in [2.75, 3.05) is 5.32 Å². The van der Waals surface area contributed by atoms with Gasteiger partial charge in [0.05, 0.1) is 0 Å². The van der Waals surface area contributed by atoms with Crippen molar-refractivity contribution in [1.29, 1.82) is 5.26 Å². The van der Waals surface area contributed by atoms with Crippen LogP contribution in [0, 0.1) is 11.3 Å². The molecular weight excluding hydrogens is 298 g/mol. The highest BCUT2D eigenvalue weighted by atomic mass is 35.5. The number of benzene rings is 2. The van der Waals surface area contributed by atoms with Gasteiger partial charge < -0.3 is 10.6 Å². The van der Waals surface area contributed by atoms with Gasteiger partial charge in [0.15, 0.2) is 0 Å². The Labute approximate surface area is 134 Å². The number of anilines is 1. The third-order valence-electron chi connectivity index (χ3n) is 2.86. The monoisotopic (exact) mass is 311 g/mol. The fourth-order valence-corrected chi connectivity index (χ4v) is 1.87. The molecule has 0 aliphatic carbocycles. The minimum atomic E-state index is -0.467. The van der Waals surface area contributed by atoms with Crippen LogP contribution in [0.15, 0.2) is 66.4 Å². The van der Waals surface area contributed by atoms with Gasteiger partial charge in [-0.2, -0.15) is 5.26 Å². The molecule has 2 rings (SSSR count). The third-order valence-corrected chi connectivity index (χ3v) is 3.11. The van der Waals surface area contributed by atoms with Crippen molar-refractivity contribution in [3.05, 3.63) is 77.0 Å². The highest BCUT2D eigenvalue weighted by Crippen LogP contribution is 2.14. The summed E-state index contributed by atoms with van der Waals surface area (Å²) in [6, 6.07) is 18.3. The molecule has 0 heterocycles. The number of hydrogen-bond donors (Lipinski definition) is 2. The summed E-state index contributed by atoms with van der Waals surface area (Å²) in [5.41, 5.74) is 1.65. The summed E-state index contributed by atoms with van der Waals surface area (Å²) in [5, 5.41) is 15.3. The normalized spacial score (nSPS) is 10.6. The van der Waals surface area contributed by atoms with Crippen molar-refractivity contribution in [2.45, 2.75) is 6.54 Å². The first-order valence-electron chi connectivity index (χ1n) is 6.63. The van der Waals surface area contributed by atoms with Crippen LogP contribution in [0.5, 0.6) is 0 Å². The molecule has 2 aromatic carbocycles. The molecule has 0 radical (unpaired) electrons. The van der Waals surface area contributed by atoms with Crippen molar-refractivity contribution in [3.8, 4) is 6.07 Å². The minimum Gasteiger partial charge on any atom is -0.386 e. The SMILES string of the molecule is N#C/C(=C/NCc1ccccc1)C(=O)Nc1ccc(Cl)cc1. The van der Waals surface area contributed by atoms with E-state index in [0.717, 1.165) is 5.56 Å². The van der Waals surface area contributed by atoms with Crippen LogP contribution in [-0.4, -0.2) is 5.91 Å². The van der Waals surface area contributed by atoms with E-state index in [-0.39, 0.29) is 5.57 Å². The second-order valence-electron chi connectivity index (χ2n) is 4.50. The summed E-state index contributed by atoms with van der Waals surface area (Å²) in [6.45, 7) is 0.542. The second kappa shape index (κ2) is 7.87. The van der Waals surface area contributed by atoms with Crippen LogP contribution in [0.3, 0.4) is 0 Å². The highest BCUT2D eigenvalue weighted by molar-refractivity contribution is 6.30. The molecule has 2 N–H and O–H groups in total. The third kappa shape index (κ3) is 4.65. The van der Waals surface area contributed by atoms with Crippen LogP contribution in [-0.2, 0) is 11.3 Å². The Hall–Kier alpha value is -2.77. The second-order valence-corrected chi connectivity index (χ2v) is 4.93. The van der Waals surface area contributed by atoms with E-state index >= 15 is 0 Å². The molecule has 0 bridgehead atoms. The molecule has 0 saturated carbocycles. The number of hydrogen-bond acceptors (Lipinski definition) is 3. The van der Waals surface area contributed by atoms with Crippen LogP contribution in [0.4, 0.5) is 5.69 Å². The maximum absolute atomic E-state index is 12.0. The fourth-order valence-electron chi connectivity index (χ4n) is 1.75. The number of nitrogens with zero attached hydrogens (tertiary/aromatic N) is 1. The summed E-state index contributed by atoms with van der Waals surface area (Å²) in [7, 11) is 0. The smallest absolute Gasteiger partial charge is 0.267 e. The number of nitriles is 1. The van der Waals surface area contributed by atoms with E-state index < -0.39 is 5.91 Å². The molecule has 5 heteroatoms. The summed E-state index contributed by atoms with van der Waals surface area (Å²) in [6.07, 6.45) is 1.41. The maximum Gasteiger partial charge on any atom is 0.267 e. The maximum atomic E-state index is 12.0. The summed E-state index contributed by atoms with van der Waals surface area (Å²) in [4.78, 5) is 12.0. The van der Waals surface area contributed by atoms with Gasteiger partial charge in [-0.15, -0.1) is 0 Å². The molecule has 0 spiro atoms. The topological polar surface area (TPSA) is 64.9 Å². The lowest BCUT2D eigenvalue weighted by Gasteiger charge is -2.05. The molecule has 0 saturated heterocycles. The molecule has 0 aromatic heterocycles.